The van der Waals surface area contributed by atoms with Crippen LogP contribution in [0.2, 0.25) is 0 Å². The van der Waals surface area contributed by atoms with Crippen LogP contribution >= 0.6 is 15.9 Å². The smallest absolute Gasteiger partial charge is 0.174 e. The summed E-state index contributed by atoms with van der Waals surface area (Å²) < 4.78 is 20.6. The third-order valence-electron chi connectivity index (χ3n) is 4.93. The molecule has 5 heteroatoms. The number of anilines is 1. The summed E-state index contributed by atoms with van der Waals surface area (Å²) >= 11 is 3.40. The highest BCUT2D eigenvalue weighted by Crippen LogP contribution is 2.51. The number of rotatable bonds is 3. The van der Waals surface area contributed by atoms with Crippen molar-refractivity contribution in [3.05, 3.63) is 70.0 Å². The molecule has 3 nitrogen and oxygen atoms in total. The molecule has 0 saturated heterocycles. The molecule has 2 aromatic rings. The molecule has 2 aliphatic rings. The van der Waals surface area contributed by atoms with Crippen LogP contribution in [0.4, 0.5) is 10.1 Å². The highest BCUT2D eigenvalue weighted by Gasteiger charge is 2.39. The molecule has 25 heavy (non-hydrogen) atoms. The Kier molecular flexibility index (Phi) is 4.22. The predicted octanol–water partition coefficient (Wildman–Crippen LogP) is 5.32. The lowest BCUT2D eigenvalue weighted by atomic mass is 9.77. The maximum absolute atomic E-state index is 14.5. The van der Waals surface area contributed by atoms with Crippen LogP contribution in [-0.2, 0) is 0 Å². The second kappa shape index (κ2) is 6.53. The van der Waals surface area contributed by atoms with Crippen molar-refractivity contribution in [1.82, 2.24) is 0 Å². The van der Waals surface area contributed by atoms with Crippen LogP contribution in [0.5, 0.6) is 5.75 Å². The van der Waals surface area contributed by atoms with Crippen molar-refractivity contribution < 1.29 is 9.13 Å². The van der Waals surface area contributed by atoms with Gasteiger partial charge in [0, 0.05) is 10.4 Å². The molecule has 0 saturated carbocycles. The SMILES string of the molecule is N#CCOc1ccc([C@@H]2Nc3c(F)cc(Br)cc3[C@H]3C=CC[C@H]32)cc1. The van der Waals surface area contributed by atoms with E-state index in [0.29, 0.717) is 17.4 Å². The molecular formula is C20H16BrFN2O. The van der Waals surface area contributed by atoms with Crippen molar-refractivity contribution in [2.24, 2.45) is 5.92 Å². The van der Waals surface area contributed by atoms with Crippen molar-refractivity contribution in [3.8, 4) is 11.8 Å². The van der Waals surface area contributed by atoms with Crippen LogP contribution < -0.4 is 10.1 Å². The number of hydrogen-bond acceptors (Lipinski definition) is 3. The van der Waals surface area contributed by atoms with Gasteiger partial charge in [-0.15, -0.1) is 0 Å². The van der Waals surface area contributed by atoms with Crippen molar-refractivity contribution in [2.45, 2.75) is 18.4 Å². The summed E-state index contributed by atoms with van der Waals surface area (Å²) in [5, 5.41) is 12.0. The average molecular weight is 399 g/mol. The molecular weight excluding hydrogens is 383 g/mol. The van der Waals surface area contributed by atoms with Gasteiger partial charge in [0.15, 0.2) is 6.61 Å². The minimum absolute atomic E-state index is 0.0309. The number of ether oxygens (including phenoxy) is 1. The normalized spacial score (nSPS) is 23.3. The zero-order chi connectivity index (χ0) is 17.4. The topological polar surface area (TPSA) is 45.0 Å². The quantitative estimate of drug-likeness (QED) is 0.711. The highest BCUT2D eigenvalue weighted by molar-refractivity contribution is 9.10. The Hall–Kier alpha value is -2.32. The number of halogens is 2. The Morgan fingerprint density at radius 3 is 2.84 bits per heavy atom. The molecule has 0 unspecified atom stereocenters. The number of benzene rings is 2. The first-order chi connectivity index (χ1) is 12.2. The van der Waals surface area contributed by atoms with E-state index >= 15 is 0 Å². The highest BCUT2D eigenvalue weighted by atomic mass is 79.9. The molecule has 1 aliphatic carbocycles. The maximum atomic E-state index is 14.5. The van der Waals surface area contributed by atoms with Gasteiger partial charge < -0.3 is 10.1 Å². The van der Waals surface area contributed by atoms with E-state index < -0.39 is 0 Å². The number of nitriles is 1. The first-order valence-corrected chi connectivity index (χ1v) is 8.98. The number of allylic oxidation sites excluding steroid dienone is 2. The van der Waals surface area contributed by atoms with Crippen LogP contribution in [0.15, 0.2) is 53.0 Å². The molecule has 1 N–H and O–H groups in total. The summed E-state index contributed by atoms with van der Waals surface area (Å²) in [5.41, 5.74) is 2.69. The lowest BCUT2D eigenvalue weighted by Crippen LogP contribution is -2.29. The van der Waals surface area contributed by atoms with Gasteiger partial charge in [-0.25, -0.2) is 4.39 Å². The monoisotopic (exact) mass is 398 g/mol. The summed E-state index contributed by atoms with van der Waals surface area (Å²) in [6.07, 6.45) is 5.33. The third-order valence-corrected chi connectivity index (χ3v) is 5.39. The molecule has 0 fully saturated rings. The largest absolute Gasteiger partial charge is 0.479 e. The van der Waals surface area contributed by atoms with Gasteiger partial charge in [0.05, 0.1) is 11.7 Å². The molecule has 0 amide bonds. The van der Waals surface area contributed by atoms with Crippen molar-refractivity contribution in [2.75, 3.05) is 11.9 Å². The zero-order valence-electron chi connectivity index (χ0n) is 13.4. The number of hydrogen-bond donors (Lipinski definition) is 1. The van der Waals surface area contributed by atoms with E-state index in [1.165, 1.54) is 6.07 Å². The Morgan fingerprint density at radius 2 is 2.08 bits per heavy atom. The Bertz CT molecular complexity index is 873. The van der Waals surface area contributed by atoms with E-state index in [0.717, 1.165) is 22.0 Å². The fraction of sp³-hybridized carbons (Fsp3) is 0.250. The minimum Gasteiger partial charge on any atom is -0.479 e. The lowest BCUT2D eigenvalue weighted by molar-refractivity contribution is 0.367. The van der Waals surface area contributed by atoms with Crippen LogP contribution in [0.3, 0.4) is 0 Å². The summed E-state index contributed by atoms with van der Waals surface area (Å²) in [6.45, 7) is 0.0309. The molecule has 2 aromatic carbocycles. The van der Waals surface area contributed by atoms with Crippen LogP contribution in [0, 0.1) is 23.1 Å². The second-order valence-corrected chi connectivity index (χ2v) is 7.26. The van der Waals surface area contributed by atoms with Crippen molar-refractivity contribution in [1.29, 1.82) is 5.26 Å². The summed E-state index contributed by atoms with van der Waals surface area (Å²) in [4.78, 5) is 0. The summed E-state index contributed by atoms with van der Waals surface area (Å²) in [6, 6.07) is 13.2. The molecule has 3 atom stereocenters. The third kappa shape index (κ3) is 2.91. The fourth-order valence-corrected chi connectivity index (χ4v) is 4.29. The van der Waals surface area contributed by atoms with Gasteiger partial charge in [-0.1, -0.05) is 40.2 Å². The number of nitrogens with zero attached hydrogens (tertiary/aromatic N) is 1. The summed E-state index contributed by atoms with van der Waals surface area (Å²) in [7, 11) is 0. The standard InChI is InChI=1S/C20H16BrFN2O/c21-13-10-17-15-2-1-3-16(15)19(24-20(17)18(22)11-13)12-4-6-14(7-5-12)25-9-8-23/h1-2,4-7,10-11,15-16,19,24H,3,9H2/t15-,16+,19-/m0/s1. The molecule has 4 rings (SSSR count). The first-order valence-electron chi connectivity index (χ1n) is 8.19. The van der Waals surface area contributed by atoms with Crippen molar-refractivity contribution >= 4 is 21.6 Å². The van der Waals surface area contributed by atoms with Gasteiger partial charge in [0.2, 0.25) is 0 Å². The van der Waals surface area contributed by atoms with E-state index in [-0.39, 0.29) is 24.4 Å². The van der Waals surface area contributed by atoms with Gasteiger partial charge >= 0.3 is 0 Å². The maximum Gasteiger partial charge on any atom is 0.174 e. The van der Waals surface area contributed by atoms with Gasteiger partial charge in [-0.3, -0.25) is 0 Å². The van der Waals surface area contributed by atoms with Gasteiger partial charge in [0.25, 0.3) is 0 Å². The van der Waals surface area contributed by atoms with Crippen molar-refractivity contribution in [3.63, 3.8) is 0 Å². The Labute approximate surface area is 154 Å². The first kappa shape index (κ1) is 16.2. The number of fused-ring (bicyclic) bond motifs is 3. The van der Waals surface area contributed by atoms with E-state index in [1.54, 1.807) is 0 Å². The van der Waals surface area contributed by atoms with E-state index in [2.05, 4.69) is 33.4 Å². The second-order valence-electron chi connectivity index (χ2n) is 6.34. The zero-order valence-corrected chi connectivity index (χ0v) is 15.0. The van der Waals surface area contributed by atoms with E-state index in [4.69, 9.17) is 10.00 Å². The molecule has 0 aromatic heterocycles. The molecule has 1 heterocycles. The van der Waals surface area contributed by atoms with Crippen LogP contribution in [-0.4, -0.2) is 6.61 Å². The van der Waals surface area contributed by atoms with Crippen LogP contribution in [0.25, 0.3) is 0 Å². The molecule has 0 radical (unpaired) electrons. The van der Waals surface area contributed by atoms with Gasteiger partial charge in [-0.2, -0.15) is 5.26 Å². The molecule has 126 valence electrons. The Balaban J connectivity index is 1.68. The molecule has 0 spiro atoms. The van der Waals surface area contributed by atoms with Gasteiger partial charge in [0.1, 0.15) is 17.6 Å². The predicted molar refractivity (Wildman–Crippen MR) is 98.0 cm³/mol. The number of nitrogens with one attached hydrogen (secondary N) is 1. The van der Waals surface area contributed by atoms with E-state index in [1.807, 2.05) is 36.4 Å². The average Bonchev–Trinajstić information content (AvgIpc) is 3.10. The molecule has 0 bridgehead atoms. The van der Waals surface area contributed by atoms with Gasteiger partial charge in [-0.05, 0) is 47.7 Å². The summed E-state index contributed by atoms with van der Waals surface area (Å²) in [5.74, 6) is 0.995. The fourth-order valence-electron chi connectivity index (χ4n) is 3.84. The lowest BCUT2D eigenvalue weighted by Gasteiger charge is -2.37. The minimum atomic E-state index is -0.234. The van der Waals surface area contributed by atoms with Crippen LogP contribution in [0.1, 0.15) is 29.5 Å². The Morgan fingerprint density at radius 1 is 1.28 bits per heavy atom. The van der Waals surface area contributed by atoms with E-state index in [9.17, 15) is 4.39 Å². The molecule has 1 aliphatic heterocycles.